The topological polar surface area (TPSA) is 38.7 Å². The van der Waals surface area contributed by atoms with Crippen molar-refractivity contribution in [1.82, 2.24) is 0 Å². The van der Waals surface area contributed by atoms with Gasteiger partial charge in [0, 0.05) is 0 Å². The maximum atomic E-state index is 10.3. The van der Waals surface area contributed by atoms with Gasteiger partial charge in [0.1, 0.15) is 6.10 Å². The van der Waals surface area contributed by atoms with Crippen molar-refractivity contribution in [3.05, 3.63) is 24.3 Å². The lowest BCUT2D eigenvalue weighted by Crippen LogP contribution is -2.41. The Morgan fingerprint density at radius 2 is 1.81 bits per heavy atom. The third-order valence-corrected chi connectivity index (χ3v) is 4.41. The fraction of sp³-hybridized carbons (Fsp3) is 0.667. The van der Waals surface area contributed by atoms with Crippen LogP contribution in [0.3, 0.4) is 0 Å². The first-order valence-corrected chi connectivity index (χ1v) is 7.98. The number of aliphatic hydroxyl groups is 1. The highest BCUT2D eigenvalue weighted by Gasteiger charge is 2.36. The molecule has 3 unspecified atom stereocenters. The van der Waals surface area contributed by atoms with Gasteiger partial charge in [0.05, 0.1) is 12.7 Å². The molecule has 0 spiro atoms. The summed E-state index contributed by atoms with van der Waals surface area (Å²) in [6.07, 6.45) is 2.23. The minimum absolute atomic E-state index is 0.149. The van der Waals surface area contributed by atoms with Crippen molar-refractivity contribution in [2.75, 3.05) is 6.61 Å². The smallest absolute Gasteiger partial charge is 0.161 e. The predicted molar refractivity (Wildman–Crippen MR) is 84.8 cm³/mol. The molecule has 3 nitrogen and oxygen atoms in total. The first kappa shape index (κ1) is 16.2. The average Bonchev–Trinajstić information content (AvgIpc) is 2.42. The molecule has 3 heteroatoms. The van der Waals surface area contributed by atoms with Gasteiger partial charge in [-0.1, -0.05) is 32.9 Å². The summed E-state index contributed by atoms with van der Waals surface area (Å²) in [5.41, 5.74) is 0.251. The van der Waals surface area contributed by atoms with Gasteiger partial charge in [-0.25, -0.2) is 0 Å². The van der Waals surface area contributed by atoms with E-state index in [9.17, 15) is 5.11 Å². The molecule has 0 heterocycles. The Kier molecular flexibility index (Phi) is 5.15. The van der Waals surface area contributed by atoms with Crippen LogP contribution in [0.1, 0.15) is 47.0 Å². The van der Waals surface area contributed by atoms with E-state index in [1.807, 2.05) is 31.2 Å². The van der Waals surface area contributed by atoms with Crippen molar-refractivity contribution in [2.24, 2.45) is 11.3 Å². The Bertz CT molecular complexity index is 450. The molecular weight excluding hydrogens is 264 g/mol. The monoisotopic (exact) mass is 292 g/mol. The van der Waals surface area contributed by atoms with Crippen molar-refractivity contribution in [1.29, 1.82) is 0 Å². The fourth-order valence-corrected chi connectivity index (χ4v) is 3.01. The minimum Gasteiger partial charge on any atom is -0.490 e. The Morgan fingerprint density at radius 3 is 2.43 bits per heavy atom. The number of aliphatic hydroxyl groups excluding tert-OH is 1. The SMILES string of the molecule is CCOc1ccccc1OC1CC(C(C)(C)C)CCC1O. The Hall–Kier alpha value is -1.22. The zero-order valence-corrected chi connectivity index (χ0v) is 13.6. The van der Waals surface area contributed by atoms with Crippen LogP contribution in [-0.4, -0.2) is 23.9 Å². The highest BCUT2D eigenvalue weighted by Crippen LogP contribution is 2.40. The standard InChI is InChI=1S/C18H28O3/c1-5-20-15-8-6-7-9-16(15)21-17-12-13(18(2,3)4)10-11-14(17)19/h6-9,13-14,17,19H,5,10-12H2,1-4H3. The molecule has 21 heavy (non-hydrogen) atoms. The molecule has 1 aliphatic carbocycles. The van der Waals surface area contributed by atoms with Gasteiger partial charge in [0.25, 0.3) is 0 Å². The lowest BCUT2D eigenvalue weighted by Gasteiger charge is -2.40. The van der Waals surface area contributed by atoms with E-state index in [1.54, 1.807) is 0 Å². The van der Waals surface area contributed by atoms with Crippen LogP contribution in [0.25, 0.3) is 0 Å². The van der Waals surface area contributed by atoms with Crippen LogP contribution in [0.4, 0.5) is 0 Å². The molecule has 3 atom stereocenters. The highest BCUT2D eigenvalue weighted by molar-refractivity contribution is 5.39. The van der Waals surface area contributed by atoms with Crippen LogP contribution in [0, 0.1) is 11.3 Å². The lowest BCUT2D eigenvalue weighted by atomic mass is 9.71. The van der Waals surface area contributed by atoms with Crippen LogP contribution in [0.5, 0.6) is 11.5 Å². The lowest BCUT2D eigenvalue weighted by molar-refractivity contribution is -0.0307. The largest absolute Gasteiger partial charge is 0.490 e. The average molecular weight is 292 g/mol. The van der Waals surface area contributed by atoms with E-state index in [0.29, 0.717) is 12.5 Å². The summed E-state index contributed by atoms with van der Waals surface area (Å²) in [7, 11) is 0. The number of hydrogen-bond donors (Lipinski definition) is 1. The van der Waals surface area contributed by atoms with Crippen LogP contribution < -0.4 is 9.47 Å². The predicted octanol–water partition coefficient (Wildman–Crippen LogP) is 4.04. The first-order chi connectivity index (χ1) is 9.91. The van der Waals surface area contributed by atoms with Gasteiger partial charge in [0.2, 0.25) is 0 Å². The molecular formula is C18H28O3. The quantitative estimate of drug-likeness (QED) is 0.910. The van der Waals surface area contributed by atoms with Gasteiger partial charge in [-0.15, -0.1) is 0 Å². The van der Waals surface area contributed by atoms with E-state index in [4.69, 9.17) is 9.47 Å². The summed E-state index contributed by atoms with van der Waals surface area (Å²) in [5.74, 6) is 2.06. The highest BCUT2D eigenvalue weighted by atomic mass is 16.5. The molecule has 0 radical (unpaired) electrons. The van der Waals surface area contributed by atoms with Crippen molar-refractivity contribution >= 4 is 0 Å². The number of rotatable bonds is 4. The molecule has 1 aromatic rings. The maximum Gasteiger partial charge on any atom is 0.161 e. The minimum atomic E-state index is -0.390. The summed E-state index contributed by atoms with van der Waals surface area (Å²) >= 11 is 0. The van der Waals surface area contributed by atoms with Gasteiger partial charge in [-0.05, 0) is 49.7 Å². The van der Waals surface area contributed by atoms with Gasteiger partial charge >= 0.3 is 0 Å². The number of benzene rings is 1. The Balaban J connectivity index is 2.10. The molecule has 0 aromatic heterocycles. The van der Waals surface area contributed by atoms with Crippen molar-refractivity contribution in [3.8, 4) is 11.5 Å². The fourth-order valence-electron chi connectivity index (χ4n) is 3.01. The van der Waals surface area contributed by atoms with Crippen LogP contribution in [0.2, 0.25) is 0 Å². The van der Waals surface area contributed by atoms with Gasteiger partial charge in [-0.2, -0.15) is 0 Å². The number of ether oxygens (including phenoxy) is 2. The Labute approximate surface area is 128 Å². The summed E-state index contributed by atoms with van der Waals surface area (Å²) in [4.78, 5) is 0. The van der Waals surface area contributed by atoms with E-state index in [-0.39, 0.29) is 11.5 Å². The van der Waals surface area contributed by atoms with Gasteiger partial charge in [0.15, 0.2) is 11.5 Å². The second kappa shape index (κ2) is 6.69. The van der Waals surface area contributed by atoms with Gasteiger partial charge in [-0.3, -0.25) is 0 Å². The Morgan fingerprint density at radius 1 is 1.14 bits per heavy atom. The van der Waals surface area contributed by atoms with Gasteiger partial charge < -0.3 is 14.6 Å². The molecule has 1 N–H and O–H groups in total. The van der Waals surface area contributed by atoms with Crippen molar-refractivity contribution in [2.45, 2.75) is 59.2 Å². The number of para-hydroxylation sites is 2. The summed E-state index contributed by atoms with van der Waals surface area (Å²) in [5, 5.41) is 10.3. The molecule has 0 saturated heterocycles. The molecule has 1 saturated carbocycles. The van der Waals surface area contributed by atoms with Crippen LogP contribution >= 0.6 is 0 Å². The van der Waals surface area contributed by atoms with Crippen LogP contribution in [0.15, 0.2) is 24.3 Å². The van der Waals surface area contributed by atoms with Crippen LogP contribution in [-0.2, 0) is 0 Å². The van der Waals surface area contributed by atoms with E-state index in [2.05, 4.69) is 20.8 Å². The van der Waals surface area contributed by atoms with E-state index < -0.39 is 6.10 Å². The molecule has 1 aliphatic rings. The molecule has 0 aliphatic heterocycles. The first-order valence-electron chi connectivity index (χ1n) is 7.98. The molecule has 118 valence electrons. The molecule has 2 rings (SSSR count). The third kappa shape index (κ3) is 4.13. The third-order valence-electron chi connectivity index (χ3n) is 4.41. The zero-order valence-electron chi connectivity index (χ0n) is 13.6. The van der Waals surface area contributed by atoms with Crippen molar-refractivity contribution in [3.63, 3.8) is 0 Å². The normalized spacial score (nSPS) is 26.4. The maximum absolute atomic E-state index is 10.3. The molecule has 0 amide bonds. The molecule has 1 aromatic carbocycles. The molecule has 0 bridgehead atoms. The number of hydrogen-bond acceptors (Lipinski definition) is 3. The second-order valence-corrected chi connectivity index (χ2v) is 6.98. The van der Waals surface area contributed by atoms with E-state index in [1.165, 1.54) is 0 Å². The summed E-state index contributed by atoms with van der Waals surface area (Å²) < 4.78 is 11.7. The summed E-state index contributed by atoms with van der Waals surface area (Å²) in [6.45, 7) is 9.36. The van der Waals surface area contributed by atoms with E-state index >= 15 is 0 Å². The second-order valence-electron chi connectivity index (χ2n) is 6.98. The summed E-state index contributed by atoms with van der Waals surface area (Å²) in [6, 6.07) is 7.70. The van der Waals surface area contributed by atoms with Crippen molar-refractivity contribution < 1.29 is 14.6 Å². The molecule has 1 fully saturated rings. The zero-order chi connectivity index (χ0) is 15.5. The van der Waals surface area contributed by atoms with E-state index in [0.717, 1.165) is 30.8 Å².